The van der Waals surface area contributed by atoms with E-state index in [9.17, 15) is 4.79 Å². The predicted molar refractivity (Wildman–Crippen MR) is 98.1 cm³/mol. The zero-order chi connectivity index (χ0) is 16.7. The first-order chi connectivity index (χ1) is 11.0. The Labute approximate surface area is 150 Å². The molecule has 3 N–H and O–H groups in total. The molecule has 0 unspecified atom stereocenters. The molecule has 1 aromatic carbocycles. The minimum absolute atomic E-state index is 0.280. The first kappa shape index (κ1) is 18.0. The highest BCUT2D eigenvalue weighted by Crippen LogP contribution is 2.19. The lowest BCUT2D eigenvalue weighted by Gasteiger charge is -2.24. The molecule has 0 aliphatic heterocycles. The fourth-order valence-corrected chi connectivity index (χ4v) is 3.08. The summed E-state index contributed by atoms with van der Waals surface area (Å²) < 4.78 is 6.49. The maximum atomic E-state index is 12.0. The SMILES string of the molecule is C[C@@H](Oc1cccc(Br)c1)C(=O)NNC(=S)NC1CCCCC1. The van der Waals surface area contributed by atoms with Crippen LogP contribution in [0.1, 0.15) is 39.0 Å². The van der Waals surface area contributed by atoms with Gasteiger partial charge in [0.2, 0.25) is 0 Å². The van der Waals surface area contributed by atoms with Gasteiger partial charge in [-0.2, -0.15) is 0 Å². The normalized spacial score (nSPS) is 16.3. The van der Waals surface area contributed by atoms with Gasteiger partial charge < -0.3 is 10.1 Å². The number of halogens is 1. The molecule has 1 amide bonds. The number of hydrogen-bond acceptors (Lipinski definition) is 3. The molecule has 23 heavy (non-hydrogen) atoms. The highest BCUT2D eigenvalue weighted by molar-refractivity contribution is 9.10. The summed E-state index contributed by atoms with van der Waals surface area (Å²) in [4.78, 5) is 12.0. The van der Waals surface area contributed by atoms with Gasteiger partial charge in [-0.05, 0) is 50.2 Å². The van der Waals surface area contributed by atoms with E-state index >= 15 is 0 Å². The third-order valence-corrected chi connectivity index (χ3v) is 4.43. The number of thiocarbonyl (C=S) groups is 1. The van der Waals surface area contributed by atoms with Crippen molar-refractivity contribution in [3.8, 4) is 5.75 Å². The number of ether oxygens (including phenoxy) is 1. The van der Waals surface area contributed by atoms with Gasteiger partial charge in [0.25, 0.3) is 5.91 Å². The molecule has 1 aromatic rings. The number of amides is 1. The van der Waals surface area contributed by atoms with Gasteiger partial charge in [0, 0.05) is 10.5 Å². The Morgan fingerprint density at radius 2 is 2.04 bits per heavy atom. The molecule has 1 fully saturated rings. The van der Waals surface area contributed by atoms with Crippen LogP contribution >= 0.6 is 28.1 Å². The molecule has 7 heteroatoms. The van der Waals surface area contributed by atoms with E-state index in [4.69, 9.17) is 17.0 Å². The van der Waals surface area contributed by atoms with Gasteiger partial charge in [-0.25, -0.2) is 0 Å². The Balaban J connectivity index is 1.71. The van der Waals surface area contributed by atoms with Gasteiger partial charge in [-0.3, -0.25) is 15.6 Å². The molecular weight excluding hydrogens is 378 g/mol. The molecule has 0 aromatic heterocycles. The number of hydrogen-bond donors (Lipinski definition) is 3. The first-order valence-electron chi connectivity index (χ1n) is 7.83. The van der Waals surface area contributed by atoms with Crippen LogP contribution < -0.4 is 20.9 Å². The van der Waals surface area contributed by atoms with Gasteiger partial charge in [-0.1, -0.05) is 41.3 Å². The second kappa shape index (κ2) is 9.08. The van der Waals surface area contributed by atoms with E-state index in [0.29, 0.717) is 16.9 Å². The number of hydrazine groups is 1. The van der Waals surface area contributed by atoms with Crippen molar-refractivity contribution in [2.24, 2.45) is 0 Å². The van der Waals surface area contributed by atoms with Crippen molar-refractivity contribution in [2.45, 2.75) is 51.2 Å². The summed E-state index contributed by atoms with van der Waals surface area (Å²) in [7, 11) is 0. The third-order valence-electron chi connectivity index (χ3n) is 3.72. The Morgan fingerprint density at radius 1 is 1.30 bits per heavy atom. The molecule has 126 valence electrons. The van der Waals surface area contributed by atoms with Crippen LogP contribution in [0, 0.1) is 0 Å². The van der Waals surface area contributed by atoms with E-state index in [0.717, 1.165) is 17.3 Å². The predicted octanol–water partition coefficient (Wildman–Crippen LogP) is 3.04. The molecule has 1 atom stereocenters. The number of benzene rings is 1. The van der Waals surface area contributed by atoms with Gasteiger partial charge in [-0.15, -0.1) is 0 Å². The van der Waals surface area contributed by atoms with Crippen molar-refractivity contribution in [2.75, 3.05) is 0 Å². The van der Waals surface area contributed by atoms with Gasteiger partial charge in [0.15, 0.2) is 11.2 Å². The summed E-state index contributed by atoms with van der Waals surface area (Å²) in [5.74, 6) is 0.350. The molecule has 0 heterocycles. The summed E-state index contributed by atoms with van der Waals surface area (Å²) in [5, 5.41) is 3.67. The van der Waals surface area contributed by atoms with Crippen molar-refractivity contribution in [3.63, 3.8) is 0 Å². The average Bonchev–Trinajstić information content (AvgIpc) is 2.53. The molecule has 1 saturated carbocycles. The second-order valence-electron chi connectivity index (χ2n) is 5.64. The summed E-state index contributed by atoms with van der Waals surface area (Å²) in [6.45, 7) is 1.69. The van der Waals surface area contributed by atoms with Crippen molar-refractivity contribution in [1.82, 2.24) is 16.2 Å². The fourth-order valence-electron chi connectivity index (χ4n) is 2.49. The third kappa shape index (κ3) is 6.35. The molecule has 2 rings (SSSR count). The summed E-state index contributed by atoms with van der Waals surface area (Å²) in [6, 6.07) is 7.76. The molecule has 0 spiro atoms. The van der Waals surface area contributed by atoms with Crippen molar-refractivity contribution in [1.29, 1.82) is 0 Å². The Hall–Kier alpha value is -1.34. The van der Waals surface area contributed by atoms with Crippen LogP contribution in [0.25, 0.3) is 0 Å². The minimum Gasteiger partial charge on any atom is -0.481 e. The molecule has 0 bridgehead atoms. The molecule has 1 aliphatic carbocycles. The smallest absolute Gasteiger partial charge is 0.279 e. The number of carbonyl (C=O) groups excluding carboxylic acids is 1. The summed E-state index contributed by atoms with van der Waals surface area (Å²) >= 11 is 8.57. The van der Waals surface area contributed by atoms with Crippen molar-refractivity contribution < 1.29 is 9.53 Å². The van der Waals surface area contributed by atoms with E-state index in [1.165, 1.54) is 19.3 Å². The maximum Gasteiger partial charge on any atom is 0.279 e. The lowest BCUT2D eigenvalue weighted by Crippen LogP contribution is -2.52. The van der Waals surface area contributed by atoms with Crippen LogP contribution in [0.4, 0.5) is 0 Å². The van der Waals surface area contributed by atoms with Crippen LogP contribution in [-0.2, 0) is 4.79 Å². The van der Waals surface area contributed by atoms with Crippen LogP contribution in [0.5, 0.6) is 5.75 Å². The second-order valence-corrected chi connectivity index (χ2v) is 6.96. The molecule has 0 saturated heterocycles. The Bertz CT molecular complexity index is 550. The van der Waals surface area contributed by atoms with Crippen molar-refractivity contribution in [3.05, 3.63) is 28.7 Å². The van der Waals surface area contributed by atoms with Crippen LogP contribution in [-0.4, -0.2) is 23.2 Å². The van der Waals surface area contributed by atoms with Gasteiger partial charge in [0.1, 0.15) is 5.75 Å². The van der Waals surface area contributed by atoms with E-state index in [1.807, 2.05) is 18.2 Å². The van der Waals surface area contributed by atoms with Crippen LogP contribution in [0.2, 0.25) is 0 Å². The van der Waals surface area contributed by atoms with Gasteiger partial charge in [0.05, 0.1) is 0 Å². The minimum atomic E-state index is -0.630. The highest BCUT2D eigenvalue weighted by atomic mass is 79.9. The Morgan fingerprint density at radius 3 is 2.74 bits per heavy atom. The summed E-state index contributed by atoms with van der Waals surface area (Å²) in [6.07, 6.45) is 5.36. The molecular formula is C16H22BrN3O2S. The standard InChI is InChI=1S/C16H22BrN3O2S/c1-11(22-14-9-5-6-12(17)10-14)15(21)19-20-16(23)18-13-7-3-2-4-8-13/h5-6,9-11,13H,2-4,7-8H2,1H3,(H,19,21)(H2,18,20,23)/t11-/m1/s1. The van der Waals surface area contributed by atoms with Crippen LogP contribution in [0.3, 0.4) is 0 Å². The maximum absolute atomic E-state index is 12.0. The zero-order valence-corrected chi connectivity index (χ0v) is 15.5. The first-order valence-corrected chi connectivity index (χ1v) is 9.03. The van der Waals surface area contributed by atoms with E-state index in [1.54, 1.807) is 13.0 Å². The molecule has 5 nitrogen and oxygen atoms in total. The van der Waals surface area contributed by atoms with Crippen LogP contribution in [0.15, 0.2) is 28.7 Å². The molecule has 1 aliphatic rings. The quantitative estimate of drug-likeness (QED) is 0.536. The lowest BCUT2D eigenvalue weighted by atomic mass is 9.96. The van der Waals surface area contributed by atoms with Crippen molar-refractivity contribution >= 4 is 39.2 Å². The molecule has 0 radical (unpaired) electrons. The number of carbonyl (C=O) groups is 1. The van der Waals surface area contributed by atoms with E-state index in [2.05, 4.69) is 32.1 Å². The largest absolute Gasteiger partial charge is 0.481 e. The average molecular weight is 400 g/mol. The van der Waals surface area contributed by atoms with Gasteiger partial charge >= 0.3 is 0 Å². The summed E-state index contributed by atoms with van der Waals surface area (Å²) in [5.41, 5.74) is 5.32. The van der Waals surface area contributed by atoms with E-state index in [-0.39, 0.29) is 5.91 Å². The van der Waals surface area contributed by atoms with E-state index < -0.39 is 6.10 Å². The zero-order valence-electron chi connectivity index (χ0n) is 13.1. The highest BCUT2D eigenvalue weighted by Gasteiger charge is 2.17. The monoisotopic (exact) mass is 399 g/mol. The fraction of sp³-hybridized carbons (Fsp3) is 0.500. The topological polar surface area (TPSA) is 62.4 Å². The number of nitrogens with one attached hydrogen (secondary N) is 3. The lowest BCUT2D eigenvalue weighted by molar-refractivity contribution is -0.127. The Kier molecular flexibility index (Phi) is 7.11. The number of rotatable bonds is 4.